The smallest absolute Gasteiger partial charge is 0.280 e. The van der Waals surface area contributed by atoms with E-state index in [2.05, 4.69) is 15.4 Å². The molecule has 2 heterocycles. The van der Waals surface area contributed by atoms with Crippen molar-refractivity contribution in [3.63, 3.8) is 0 Å². The first kappa shape index (κ1) is 17.0. The zero-order chi connectivity index (χ0) is 19.1. The van der Waals surface area contributed by atoms with Crippen molar-refractivity contribution in [3.05, 3.63) is 70.4 Å². The lowest BCUT2D eigenvalue weighted by atomic mass is 10.1. The maximum absolute atomic E-state index is 13.2. The van der Waals surface area contributed by atoms with E-state index in [4.69, 9.17) is 0 Å². The number of nitrogens with zero attached hydrogens (tertiary/aromatic N) is 2. The number of carbonyl (C=O) groups excluding carboxylic acids is 1. The van der Waals surface area contributed by atoms with Gasteiger partial charge in [-0.25, -0.2) is 9.07 Å². The molecule has 27 heavy (non-hydrogen) atoms. The van der Waals surface area contributed by atoms with Crippen LogP contribution in [0.25, 0.3) is 27.5 Å². The van der Waals surface area contributed by atoms with Crippen molar-refractivity contribution < 1.29 is 9.18 Å². The quantitative estimate of drug-likeness (QED) is 0.586. The highest BCUT2D eigenvalue weighted by Crippen LogP contribution is 2.22. The molecule has 6 nitrogen and oxygen atoms in total. The van der Waals surface area contributed by atoms with Gasteiger partial charge in [0, 0.05) is 23.2 Å². The lowest BCUT2D eigenvalue weighted by Gasteiger charge is -2.09. The number of rotatable bonds is 3. The lowest BCUT2D eigenvalue weighted by molar-refractivity contribution is 0.0943. The van der Waals surface area contributed by atoms with Crippen LogP contribution in [-0.2, 0) is 0 Å². The third-order valence-corrected chi connectivity index (χ3v) is 4.29. The van der Waals surface area contributed by atoms with Crippen LogP contribution in [0.2, 0.25) is 0 Å². The van der Waals surface area contributed by atoms with Crippen molar-refractivity contribution in [2.75, 3.05) is 0 Å². The standard InChI is InChI=1S/C20H17FN4O2/c1-11(2)23-19(26)12-3-8-17-15(9-12)18-16(10-22-17)20(27)25(24-18)14-6-4-13(21)5-7-14/h3-11,24H,1-2H3,(H,23,26). The molecule has 4 rings (SSSR count). The van der Waals surface area contributed by atoms with Gasteiger partial charge in [0.05, 0.1) is 22.1 Å². The second kappa shape index (κ2) is 6.35. The summed E-state index contributed by atoms with van der Waals surface area (Å²) in [5, 5.41) is 6.97. The van der Waals surface area contributed by atoms with Crippen molar-refractivity contribution in [3.8, 4) is 5.69 Å². The predicted molar refractivity (Wildman–Crippen MR) is 102 cm³/mol. The van der Waals surface area contributed by atoms with Crippen LogP contribution in [0.1, 0.15) is 24.2 Å². The number of H-pyrrole nitrogens is 1. The third-order valence-electron chi connectivity index (χ3n) is 4.29. The second-order valence-electron chi connectivity index (χ2n) is 6.64. The molecule has 1 amide bonds. The van der Waals surface area contributed by atoms with Crippen LogP contribution in [0.4, 0.5) is 4.39 Å². The van der Waals surface area contributed by atoms with E-state index in [-0.39, 0.29) is 23.3 Å². The summed E-state index contributed by atoms with van der Waals surface area (Å²) in [5.74, 6) is -0.569. The maximum atomic E-state index is 13.2. The Kier molecular flexibility index (Phi) is 3.99. The Labute approximate surface area is 153 Å². The highest BCUT2D eigenvalue weighted by molar-refractivity contribution is 6.06. The highest BCUT2D eigenvalue weighted by atomic mass is 19.1. The van der Waals surface area contributed by atoms with Crippen molar-refractivity contribution in [2.45, 2.75) is 19.9 Å². The van der Waals surface area contributed by atoms with E-state index in [1.165, 1.54) is 35.1 Å². The van der Waals surface area contributed by atoms with Gasteiger partial charge in [-0.2, -0.15) is 0 Å². The van der Waals surface area contributed by atoms with Crippen LogP contribution in [0.5, 0.6) is 0 Å². The van der Waals surface area contributed by atoms with Gasteiger partial charge in [-0.15, -0.1) is 0 Å². The molecule has 0 saturated carbocycles. The summed E-state index contributed by atoms with van der Waals surface area (Å²) in [7, 11) is 0. The summed E-state index contributed by atoms with van der Waals surface area (Å²) in [5.41, 5.74) is 1.95. The van der Waals surface area contributed by atoms with Crippen molar-refractivity contribution in [2.24, 2.45) is 0 Å². The number of amides is 1. The fraction of sp³-hybridized carbons (Fsp3) is 0.150. The number of nitrogens with one attached hydrogen (secondary N) is 2. The van der Waals surface area contributed by atoms with Crippen molar-refractivity contribution >= 4 is 27.7 Å². The Morgan fingerprint density at radius 3 is 2.59 bits per heavy atom. The summed E-state index contributed by atoms with van der Waals surface area (Å²) in [4.78, 5) is 29.4. The number of aromatic nitrogens is 3. The van der Waals surface area contributed by atoms with E-state index in [1.807, 2.05) is 13.8 Å². The van der Waals surface area contributed by atoms with Gasteiger partial charge in [-0.1, -0.05) is 0 Å². The summed E-state index contributed by atoms with van der Waals surface area (Å²) in [6.07, 6.45) is 1.50. The molecule has 0 atom stereocenters. The molecule has 0 aliphatic rings. The van der Waals surface area contributed by atoms with Gasteiger partial charge >= 0.3 is 0 Å². The largest absolute Gasteiger partial charge is 0.350 e. The fourth-order valence-electron chi connectivity index (χ4n) is 3.02. The Morgan fingerprint density at radius 2 is 1.89 bits per heavy atom. The molecular weight excluding hydrogens is 347 g/mol. The van der Waals surface area contributed by atoms with Crippen LogP contribution in [0.15, 0.2) is 53.5 Å². The van der Waals surface area contributed by atoms with Crippen LogP contribution in [-0.4, -0.2) is 26.7 Å². The van der Waals surface area contributed by atoms with Crippen molar-refractivity contribution in [1.82, 2.24) is 20.1 Å². The molecule has 2 aromatic heterocycles. The first-order valence-corrected chi connectivity index (χ1v) is 8.54. The first-order valence-electron chi connectivity index (χ1n) is 8.54. The first-order chi connectivity index (χ1) is 12.9. The molecular formula is C20H17FN4O2. The molecule has 0 bridgehead atoms. The van der Waals surface area contributed by atoms with Gasteiger partial charge in [0.15, 0.2) is 0 Å². The summed E-state index contributed by atoms with van der Waals surface area (Å²) >= 11 is 0. The molecule has 0 fully saturated rings. The van der Waals surface area contributed by atoms with Gasteiger partial charge in [-0.3, -0.25) is 19.7 Å². The Balaban J connectivity index is 1.92. The monoisotopic (exact) mass is 364 g/mol. The van der Waals surface area contributed by atoms with Crippen LogP contribution in [0, 0.1) is 5.82 Å². The molecule has 0 aliphatic heterocycles. The van der Waals surface area contributed by atoms with Gasteiger partial charge in [-0.05, 0) is 56.3 Å². The number of aromatic amines is 1. The summed E-state index contributed by atoms with van der Waals surface area (Å²) in [6.45, 7) is 3.78. The average Bonchev–Trinajstić information content (AvgIpc) is 2.98. The second-order valence-corrected chi connectivity index (χ2v) is 6.64. The number of benzene rings is 2. The normalized spacial score (nSPS) is 11.4. The molecule has 0 saturated heterocycles. The number of pyridine rings is 1. The average molecular weight is 364 g/mol. The molecule has 2 N–H and O–H groups in total. The van der Waals surface area contributed by atoms with E-state index >= 15 is 0 Å². The number of hydrogen-bond donors (Lipinski definition) is 2. The number of hydrogen-bond acceptors (Lipinski definition) is 3. The summed E-state index contributed by atoms with van der Waals surface area (Å²) < 4.78 is 14.5. The topological polar surface area (TPSA) is 79.8 Å². The molecule has 0 unspecified atom stereocenters. The van der Waals surface area contributed by atoms with Gasteiger partial charge < -0.3 is 5.32 Å². The highest BCUT2D eigenvalue weighted by Gasteiger charge is 2.14. The minimum atomic E-state index is -0.379. The van der Waals surface area contributed by atoms with E-state index in [9.17, 15) is 14.0 Å². The Hall–Kier alpha value is -3.48. The molecule has 136 valence electrons. The molecule has 0 spiro atoms. The SMILES string of the molecule is CC(C)NC(=O)c1ccc2ncc3c(=O)n(-c4ccc(F)cc4)[nH]c3c2c1. The van der Waals surface area contributed by atoms with E-state index in [0.717, 1.165) is 0 Å². The van der Waals surface area contributed by atoms with Gasteiger partial charge in [0.25, 0.3) is 11.5 Å². The number of carbonyl (C=O) groups is 1. The van der Waals surface area contributed by atoms with Crippen LogP contribution < -0.4 is 10.9 Å². The number of fused-ring (bicyclic) bond motifs is 3. The number of halogens is 1. The van der Waals surface area contributed by atoms with Crippen LogP contribution in [0.3, 0.4) is 0 Å². The van der Waals surface area contributed by atoms with E-state index < -0.39 is 0 Å². The van der Waals surface area contributed by atoms with E-state index in [1.54, 1.807) is 18.2 Å². The molecule has 0 radical (unpaired) electrons. The zero-order valence-corrected chi connectivity index (χ0v) is 14.8. The molecule has 0 aliphatic carbocycles. The molecule has 2 aromatic carbocycles. The molecule has 4 aromatic rings. The Bertz CT molecular complexity index is 1220. The maximum Gasteiger partial charge on any atom is 0.280 e. The van der Waals surface area contributed by atoms with Gasteiger partial charge in [0.2, 0.25) is 0 Å². The minimum absolute atomic E-state index is 0.0153. The predicted octanol–water partition coefficient (Wildman–Crippen LogP) is 3.14. The van der Waals surface area contributed by atoms with Crippen molar-refractivity contribution in [1.29, 1.82) is 0 Å². The van der Waals surface area contributed by atoms with Gasteiger partial charge in [0.1, 0.15) is 5.82 Å². The zero-order valence-electron chi connectivity index (χ0n) is 14.8. The lowest BCUT2D eigenvalue weighted by Crippen LogP contribution is -2.29. The minimum Gasteiger partial charge on any atom is -0.350 e. The fourth-order valence-corrected chi connectivity index (χ4v) is 3.02. The summed E-state index contributed by atoms with van der Waals surface area (Å²) in [6, 6.07) is 10.8. The molecule has 7 heteroatoms. The Morgan fingerprint density at radius 1 is 1.15 bits per heavy atom. The van der Waals surface area contributed by atoms with Crippen LogP contribution >= 0.6 is 0 Å². The third kappa shape index (κ3) is 2.97. The van der Waals surface area contributed by atoms with E-state index in [0.29, 0.717) is 33.1 Å².